The minimum atomic E-state index is -1.10. The monoisotopic (exact) mass is 416 g/mol. The number of nitrogens with two attached hydrogens (primary N) is 1. The molecule has 7 nitrogen and oxygen atoms in total. The summed E-state index contributed by atoms with van der Waals surface area (Å²) in [4.78, 5) is 24.0. The number of hydrogen-bond acceptors (Lipinski definition) is 5. The van der Waals surface area contributed by atoms with Gasteiger partial charge < -0.3 is 16.2 Å². The Bertz CT molecular complexity index is 1020. The lowest BCUT2D eigenvalue weighted by Gasteiger charge is -2.18. The van der Waals surface area contributed by atoms with E-state index in [0.29, 0.717) is 5.69 Å². The summed E-state index contributed by atoms with van der Waals surface area (Å²) in [5.41, 5.74) is 9.12. The third kappa shape index (κ3) is 6.87. The van der Waals surface area contributed by atoms with Crippen molar-refractivity contribution in [1.29, 1.82) is 0 Å². The van der Waals surface area contributed by atoms with Crippen LogP contribution in [0.15, 0.2) is 95.2 Å². The van der Waals surface area contributed by atoms with E-state index in [4.69, 9.17) is 5.73 Å². The van der Waals surface area contributed by atoms with Crippen LogP contribution in [0, 0.1) is 0 Å². The number of carbonyl (C=O) groups excluding carboxylic acids is 1. The minimum Gasteiger partial charge on any atom is -0.480 e. The van der Waals surface area contributed by atoms with Crippen molar-refractivity contribution in [3.05, 3.63) is 96.1 Å². The summed E-state index contributed by atoms with van der Waals surface area (Å²) >= 11 is 0. The summed E-state index contributed by atoms with van der Waals surface area (Å²) in [6, 6.07) is 23.9. The lowest BCUT2D eigenvalue weighted by molar-refractivity contribution is -0.141. The van der Waals surface area contributed by atoms with E-state index in [1.165, 1.54) is 0 Å². The van der Waals surface area contributed by atoms with Crippen molar-refractivity contribution in [3.8, 4) is 0 Å². The smallest absolute Gasteiger partial charge is 0.326 e. The molecule has 31 heavy (non-hydrogen) atoms. The number of rotatable bonds is 9. The second-order valence-corrected chi connectivity index (χ2v) is 7.10. The number of carboxylic acids is 1. The first-order valence-electron chi connectivity index (χ1n) is 9.89. The van der Waals surface area contributed by atoms with Crippen molar-refractivity contribution in [3.63, 3.8) is 0 Å². The van der Waals surface area contributed by atoms with E-state index >= 15 is 0 Å². The van der Waals surface area contributed by atoms with Crippen LogP contribution >= 0.6 is 0 Å². The molecular weight excluding hydrogens is 392 g/mol. The van der Waals surface area contributed by atoms with Crippen LogP contribution in [0.1, 0.15) is 11.1 Å². The maximum absolute atomic E-state index is 12.4. The van der Waals surface area contributed by atoms with Crippen LogP contribution in [0.2, 0.25) is 0 Å². The Balaban J connectivity index is 1.55. The molecule has 0 unspecified atom stereocenters. The van der Waals surface area contributed by atoms with Crippen molar-refractivity contribution < 1.29 is 14.7 Å². The molecule has 0 aliphatic rings. The number of carboxylic acid groups (broad SMARTS) is 1. The molecule has 0 aromatic heterocycles. The summed E-state index contributed by atoms with van der Waals surface area (Å²) in [7, 11) is 0. The van der Waals surface area contributed by atoms with Crippen molar-refractivity contribution in [2.45, 2.75) is 24.9 Å². The molecule has 3 rings (SSSR count). The van der Waals surface area contributed by atoms with E-state index in [-0.39, 0.29) is 12.8 Å². The highest BCUT2D eigenvalue weighted by molar-refractivity contribution is 5.87. The van der Waals surface area contributed by atoms with Crippen LogP contribution in [0.3, 0.4) is 0 Å². The van der Waals surface area contributed by atoms with Crippen molar-refractivity contribution in [2.24, 2.45) is 16.0 Å². The number of azo groups is 1. The molecule has 7 heteroatoms. The Hall–Kier alpha value is -3.84. The summed E-state index contributed by atoms with van der Waals surface area (Å²) in [6.07, 6.45) is 0.468. The molecule has 4 N–H and O–H groups in total. The van der Waals surface area contributed by atoms with Gasteiger partial charge >= 0.3 is 5.97 Å². The van der Waals surface area contributed by atoms with Crippen molar-refractivity contribution in [2.75, 3.05) is 0 Å². The van der Waals surface area contributed by atoms with Crippen LogP contribution in [-0.4, -0.2) is 29.1 Å². The molecule has 0 heterocycles. The number of carbonyl (C=O) groups is 2. The zero-order valence-electron chi connectivity index (χ0n) is 16.9. The van der Waals surface area contributed by atoms with Gasteiger partial charge in [-0.1, -0.05) is 60.7 Å². The van der Waals surface area contributed by atoms with Crippen LogP contribution in [0.25, 0.3) is 0 Å². The van der Waals surface area contributed by atoms with Gasteiger partial charge in [0.2, 0.25) is 5.91 Å². The quantitative estimate of drug-likeness (QED) is 0.460. The fourth-order valence-electron chi connectivity index (χ4n) is 2.98. The van der Waals surface area contributed by atoms with Crippen molar-refractivity contribution >= 4 is 23.3 Å². The molecule has 0 saturated heterocycles. The lowest BCUT2D eigenvalue weighted by atomic mass is 10.0. The molecule has 3 aromatic carbocycles. The van der Waals surface area contributed by atoms with Gasteiger partial charge in [-0.15, -0.1) is 0 Å². The van der Waals surface area contributed by atoms with Gasteiger partial charge in [0.05, 0.1) is 17.4 Å². The zero-order chi connectivity index (χ0) is 22.1. The average Bonchev–Trinajstić information content (AvgIpc) is 2.79. The number of nitrogens with zero attached hydrogens (tertiary/aromatic N) is 2. The van der Waals surface area contributed by atoms with Crippen LogP contribution < -0.4 is 11.1 Å². The molecule has 0 saturated carbocycles. The van der Waals surface area contributed by atoms with E-state index in [1.54, 1.807) is 12.1 Å². The van der Waals surface area contributed by atoms with Gasteiger partial charge in [-0.05, 0) is 41.8 Å². The Morgan fingerprint density at radius 3 is 1.87 bits per heavy atom. The molecule has 0 aliphatic heterocycles. The number of hydrogen-bond donors (Lipinski definition) is 3. The topological polar surface area (TPSA) is 117 Å². The Morgan fingerprint density at radius 2 is 1.29 bits per heavy atom. The zero-order valence-corrected chi connectivity index (χ0v) is 16.9. The number of aliphatic carboxylic acids is 1. The fraction of sp³-hybridized carbons (Fsp3) is 0.167. The van der Waals surface area contributed by atoms with Crippen LogP contribution in [-0.2, 0) is 22.4 Å². The largest absolute Gasteiger partial charge is 0.480 e. The molecule has 2 atom stereocenters. The maximum atomic E-state index is 12.4. The van der Waals surface area contributed by atoms with Gasteiger partial charge in [0.15, 0.2) is 0 Å². The molecule has 0 fully saturated rings. The molecule has 1 amide bonds. The minimum absolute atomic E-state index is 0.190. The van der Waals surface area contributed by atoms with E-state index in [2.05, 4.69) is 15.5 Å². The highest BCUT2D eigenvalue weighted by Gasteiger charge is 2.23. The Labute approximate surface area is 180 Å². The van der Waals surface area contributed by atoms with Gasteiger partial charge in [-0.25, -0.2) is 4.79 Å². The highest BCUT2D eigenvalue weighted by atomic mass is 16.4. The number of amides is 1. The fourth-order valence-corrected chi connectivity index (χ4v) is 2.98. The van der Waals surface area contributed by atoms with E-state index in [9.17, 15) is 14.7 Å². The lowest BCUT2D eigenvalue weighted by Crippen LogP contribution is -2.50. The van der Waals surface area contributed by atoms with Gasteiger partial charge in [0.1, 0.15) is 6.04 Å². The summed E-state index contributed by atoms with van der Waals surface area (Å²) in [5, 5.41) is 20.3. The molecular formula is C24H24N4O3. The van der Waals surface area contributed by atoms with Gasteiger partial charge in [0.25, 0.3) is 0 Å². The standard InChI is InChI=1S/C24H24N4O3/c25-21(23(29)26-22(24(30)31)16-17-7-3-1-4-8-17)15-18-11-13-20(14-12-18)28-27-19-9-5-2-6-10-19/h1-14,21-22H,15-16,25H2,(H,26,29)(H,30,31)/t21-,22-/m0/s1. The second-order valence-electron chi connectivity index (χ2n) is 7.10. The number of nitrogens with one attached hydrogen (secondary N) is 1. The average molecular weight is 416 g/mol. The molecule has 3 aromatic rings. The maximum Gasteiger partial charge on any atom is 0.326 e. The van der Waals surface area contributed by atoms with E-state index in [1.807, 2.05) is 72.8 Å². The van der Waals surface area contributed by atoms with E-state index < -0.39 is 24.0 Å². The summed E-state index contributed by atoms with van der Waals surface area (Å²) in [6.45, 7) is 0. The van der Waals surface area contributed by atoms with Gasteiger partial charge in [-0.3, -0.25) is 4.79 Å². The first-order valence-corrected chi connectivity index (χ1v) is 9.89. The normalized spacial score (nSPS) is 12.9. The summed E-state index contributed by atoms with van der Waals surface area (Å²) in [5.74, 6) is -1.60. The highest BCUT2D eigenvalue weighted by Crippen LogP contribution is 2.18. The molecule has 0 spiro atoms. The third-order valence-corrected chi connectivity index (χ3v) is 4.66. The second kappa shape index (κ2) is 10.8. The van der Waals surface area contributed by atoms with Crippen LogP contribution in [0.5, 0.6) is 0 Å². The SMILES string of the molecule is N[C@@H](Cc1ccc(N=Nc2ccccc2)cc1)C(=O)N[C@@H](Cc1ccccc1)C(=O)O. The molecule has 0 radical (unpaired) electrons. The first kappa shape index (κ1) is 21.9. The predicted molar refractivity (Wildman–Crippen MR) is 118 cm³/mol. The number of benzene rings is 3. The predicted octanol–water partition coefficient (Wildman–Crippen LogP) is 3.78. The summed E-state index contributed by atoms with van der Waals surface area (Å²) < 4.78 is 0. The van der Waals surface area contributed by atoms with Crippen LogP contribution in [0.4, 0.5) is 11.4 Å². The van der Waals surface area contributed by atoms with Crippen molar-refractivity contribution in [1.82, 2.24) is 5.32 Å². The third-order valence-electron chi connectivity index (χ3n) is 4.66. The Kier molecular flexibility index (Phi) is 7.61. The Morgan fingerprint density at radius 1 is 0.774 bits per heavy atom. The molecule has 158 valence electrons. The molecule has 0 bridgehead atoms. The molecule has 0 aliphatic carbocycles. The van der Waals surface area contributed by atoms with Gasteiger partial charge in [-0.2, -0.15) is 10.2 Å². The first-order chi connectivity index (χ1) is 15.0. The van der Waals surface area contributed by atoms with Gasteiger partial charge in [0, 0.05) is 6.42 Å². The van der Waals surface area contributed by atoms with E-state index in [0.717, 1.165) is 16.8 Å².